The molecule has 0 saturated carbocycles. The van der Waals surface area contributed by atoms with Crippen molar-refractivity contribution in [1.82, 2.24) is 0 Å². The highest BCUT2D eigenvalue weighted by Gasteiger charge is 2.49. The number of hydrogen-bond donors (Lipinski definition) is 0. The van der Waals surface area contributed by atoms with Crippen LogP contribution in [0.15, 0.2) is 357 Å². The van der Waals surface area contributed by atoms with Crippen molar-refractivity contribution in [2.24, 2.45) is 0 Å². The Bertz CT molecular complexity index is 5420. The molecule has 1 nitrogen and oxygen atoms in total. The molecule has 0 heterocycles. The Kier molecular flexibility index (Phi) is 14.1. The van der Waals surface area contributed by atoms with Crippen LogP contribution in [0.3, 0.4) is 0 Å². The average molecular weight is 1220 g/mol. The van der Waals surface area contributed by atoms with Gasteiger partial charge in [0.05, 0.1) is 10.8 Å². The number of aryl methyl sites for hydroxylation is 1. The van der Waals surface area contributed by atoms with Gasteiger partial charge in [-0.15, -0.1) is 0 Å². The molecule has 15 aromatic rings. The predicted octanol–water partition coefficient (Wildman–Crippen LogP) is 24.7. The van der Waals surface area contributed by atoms with Crippen molar-refractivity contribution in [2.45, 2.75) is 42.4 Å². The Hall–Kier alpha value is -11.6. The molecule has 15 aromatic carbocycles. The monoisotopic (exact) mass is 1220 g/mol. The second-order valence-electron chi connectivity index (χ2n) is 26.5. The summed E-state index contributed by atoms with van der Waals surface area (Å²) in [6.45, 7) is 0. The maximum atomic E-state index is 2.56. The molecule has 1 heteroatoms. The van der Waals surface area contributed by atoms with Crippen molar-refractivity contribution in [3.05, 3.63) is 424 Å². The SMILES string of the molecule is C1=CCCC(C2(c3ccccc3)c3cc(/C=C/c4ccc5c(c4)C(c4ccccc4)(c4ccccc4)c4cc(CCC(c6ccc7ccccc7c6)c6ccc7ccccc7c6)ccc4-5)ccc3-c3ccc(N(c4ccc5ccccc5c4)c4ccc5ccccc5c4)cc32)=C1. The lowest BCUT2D eigenvalue weighted by atomic mass is 9.65. The van der Waals surface area contributed by atoms with Gasteiger partial charge in [0.25, 0.3) is 0 Å². The zero-order valence-corrected chi connectivity index (χ0v) is 53.5. The maximum absolute atomic E-state index is 2.56. The smallest absolute Gasteiger partial charge is 0.0713 e. The Balaban J connectivity index is 0.744. The first-order valence-electron chi connectivity index (χ1n) is 34.1. The first kappa shape index (κ1) is 57.1. The molecule has 0 spiro atoms. The molecule has 0 saturated heterocycles. The van der Waals surface area contributed by atoms with E-state index >= 15 is 0 Å². The Labute approximate surface area is 562 Å². The zero-order valence-electron chi connectivity index (χ0n) is 53.5. The van der Waals surface area contributed by atoms with Crippen LogP contribution in [0.1, 0.15) is 91.9 Å². The van der Waals surface area contributed by atoms with E-state index in [1.54, 1.807) is 0 Å². The lowest BCUT2D eigenvalue weighted by Gasteiger charge is -2.37. The minimum atomic E-state index is -0.572. The van der Waals surface area contributed by atoms with Crippen molar-refractivity contribution in [3.8, 4) is 22.3 Å². The summed E-state index contributed by atoms with van der Waals surface area (Å²) in [5.41, 5.74) is 24.2. The molecule has 0 fully saturated rings. The van der Waals surface area contributed by atoms with Gasteiger partial charge < -0.3 is 4.90 Å². The van der Waals surface area contributed by atoms with Crippen LogP contribution in [0.5, 0.6) is 0 Å². The van der Waals surface area contributed by atoms with Crippen molar-refractivity contribution in [1.29, 1.82) is 0 Å². The van der Waals surface area contributed by atoms with Gasteiger partial charge in [0, 0.05) is 23.0 Å². The van der Waals surface area contributed by atoms with Gasteiger partial charge in [-0.05, 0) is 206 Å². The first-order chi connectivity index (χ1) is 47.5. The molecule has 96 heavy (non-hydrogen) atoms. The molecule has 0 bridgehead atoms. The number of rotatable bonds is 14. The summed E-state index contributed by atoms with van der Waals surface area (Å²) < 4.78 is 0. The summed E-state index contributed by atoms with van der Waals surface area (Å²) in [6.07, 6.45) is 15.6. The quantitative estimate of drug-likeness (QED) is 0.0981. The van der Waals surface area contributed by atoms with E-state index in [0.717, 1.165) is 48.3 Å². The largest absolute Gasteiger partial charge is 0.310 e. The number of allylic oxidation sites excluding steroid dienone is 4. The van der Waals surface area contributed by atoms with Crippen molar-refractivity contribution >= 4 is 72.3 Å². The maximum Gasteiger partial charge on any atom is 0.0713 e. The summed E-state index contributed by atoms with van der Waals surface area (Å²) in [5, 5.41) is 9.98. The molecule has 1 atom stereocenters. The van der Waals surface area contributed by atoms with E-state index in [0.29, 0.717) is 0 Å². The Morgan fingerprint density at radius 2 is 0.708 bits per heavy atom. The third-order valence-corrected chi connectivity index (χ3v) is 21.3. The van der Waals surface area contributed by atoms with Crippen LogP contribution in [0.4, 0.5) is 17.1 Å². The van der Waals surface area contributed by atoms with Crippen LogP contribution >= 0.6 is 0 Å². The van der Waals surface area contributed by atoms with Gasteiger partial charge in [-0.1, -0.05) is 321 Å². The van der Waals surface area contributed by atoms with Gasteiger partial charge in [-0.25, -0.2) is 0 Å². The molecular weight excluding hydrogens is 1160 g/mol. The molecule has 0 aromatic heterocycles. The molecule has 3 aliphatic carbocycles. The summed E-state index contributed by atoms with van der Waals surface area (Å²) >= 11 is 0. The van der Waals surface area contributed by atoms with E-state index in [1.807, 2.05) is 0 Å². The molecule has 3 aliphatic rings. The highest BCUT2D eigenvalue weighted by Crippen LogP contribution is 2.60. The van der Waals surface area contributed by atoms with Gasteiger partial charge in [-0.2, -0.15) is 0 Å². The summed E-state index contributed by atoms with van der Waals surface area (Å²) in [7, 11) is 0. The Morgan fingerprint density at radius 3 is 1.20 bits per heavy atom. The van der Waals surface area contributed by atoms with E-state index in [9.17, 15) is 0 Å². The fraction of sp³-hybridized carbons (Fsp3) is 0.0737. The first-order valence-corrected chi connectivity index (χ1v) is 34.1. The van der Waals surface area contributed by atoms with Gasteiger partial charge >= 0.3 is 0 Å². The van der Waals surface area contributed by atoms with Gasteiger partial charge in [0.15, 0.2) is 0 Å². The predicted molar refractivity (Wildman–Crippen MR) is 405 cm³/mol. The molecule has 0 N–H and O–H groups in total. The minimum absolute atomic E-state index is 0.205. The number of benzene rings is 15. The minimum Gasteiger partial charge on any atom is -0.310 e. The molecule has 1 unspecified atom stereocenters. The zero-order chi connectivity index (χ0) is 63.6. The number of nitrogens with zero attached hydrogens (tertiary/aromatic N) is 1. The van der Waals surface area contributed by atoms with Crippen molar-refractivity contribution in [2.75, 3.05) is 4.90 Å². The van der Waals surface area contributed by atoms with Crippen LogP contribution in [-0.4, -0.2) is 0 Å². The molecule has 454 valence electrons. The third-order valence-electron chi connectivity index (χ3n) is 21.3. The lowest BCUT2D eigenvalue weighted by molar-refractivity contribution is 0.692. The van der Waals surface area contributed by atoms with E-state index in [-0.39, 0.29) is 5.92 Å². The van der Waals surface area contributed by atoms with Crippen LogP contribution in [-0.2, 0) is 17.3 Å². The summed E-state index contributed by atoms with van der Waals surface area (Å²) in [5.74, 6) is 0.205. The molecule has 0 amide bonds. The summed E-state index contributed by atoms with van der Waals surface area (Å²) in [4.78, 5) is 2.47. The standard InChI is InChI=1S/C95H69N/c1-5-29-78(30-6-1)94(79-31-7-2-8-32-79)90-57-65(40-53-86(90)87-55-42-67(59-91(87)94)39-52-85(76-45-43-68-21-13-17-25-72(68)60-76)77-46-44-69-22-14-18-26-73(69)61-77)37-38-66-41-54-88-89-56-51-84(64-93(89)95(92(88)58-66,80-33-9-3-10-34-80)81-35-11-4-12-36-81)96(82-49-47-70-23-15-19-27-74(70)62-82)83-50-48-71-24-16-20-28-75(71)63-83/h1-11,13-35,37-38,40-51,53-64,85H,12,36,39,52H2/b38-37+. The highest BCUT2D eigenvalue weighted by molar-refractivity contribution is 5.96. The van der Waals surface area contributed by atoms with Gasteiger partial charge in [-0.3, -0.25) is 0 Å². The van der Waals surface area contributed by atoms with E-state index in [1.165, 1.54) is 132 Å². The van der Waals surface area contributed by atoms with E-state index in [2.05, 4.69) is 369 Å². The molecule has 0 radical (unpaired) electrons. The lowest BCUT2D eigenvalue weighted by Crippen LogP contribution is -2.30. The molecule has 0 aliphatic heterocycles. The highest BCUT2D eigenvalue weighted by atomic mass is 15.1. The number of fused-ring (bicyclic) bond motifs is 10. The number of hydrogen-bond acceptors (Lipinski definition) is 1. The van der Waals surface area contributed by atoms with Crippen molar-refractivity contribution < 1.29 is 0 Å². The Morgan fingerprint density at radius 1 is 0.323 bits per heavy atom. The topological polar surface area (TPSA) is 3.24 Å². The second kappa shape index (κ2) is 23.7. The van der Waals surface area contributed by atoms with E-state index in [4.69, 9.17) is 0 Å². The fourth-order valence-electron chi connectivity index (χ4n) is 16.8. The van der Waals surface area contributed by atoms with Crippen LogP contribution < -0.4 is 4.90 Å². The average Bonchev–Trinajstić information content (AvgIpc) is 1.53. The van der Waals surface area contributed by atoms with Gasteiger partial charge in [0.1, 0.15) is 0 Å². The van der Waals surface area contributed by atoms with Crippen LogP contribution in [0.25, 0.3) is 77.5 Å². The summed E-state index contributed by atoms with van der Waals surface area (Å²) in [6, 6.07) is 126. The van der Waals surface area contributed by atoms with Crippen LogP contribution in [0.2, 0.25) is 0 Å². The second-order valence-corrected chi connectivity index (χ2v) is 26.5. The number of anilines is 3. The molecular formula is C95H69N. The third kappa shape index (κ3) is 9.60. The molecule has 18 rings (SSSR count). The van der Waals surface area contributed by atoms with Gasteiger partial charge in [0.2, 0.25) is 0 Å². The van der Waals surface area contributed by atoms with Crippen LogP contribution in [0, 0.1) is 0 Å². The normalized spacial score (nSPS) is 15.1. The van der Waals surface area contributed by atoms with E-state index < -0.39 is 10.8 Å². The van der Waals surface area contributed by atoms with Crippen molar-refractivity contribution in [3.63, 3.8) is 0 Å². The fourth-order valence-corrected chi connectivity index (χ4v) is 16.8.